The molecule has 6 heteroatoms. The van der Waals surface area contributed by atoms with Crippen LogP contribution in [0.4, 0.5) is 0 Å². The highest BCUT2D eigenvalue weighted by Crippen LogP contribution is 2.18. The monoisotopic (exact) mass is 802 g/mol. The molecule has 57 heavy (non-hydrogen) atoms. The van der Waals surface area contributed by atoms with Crippen molar-refractivity contribution in [2.24, 2.45) is 0 Å². The maximum Gasteiger partial charge on any atom is 0.306 e. The molecule has 0 aliphatic rings. The van der Waals surface area contributed by atoms with Crippen molar-refractivity contribution in [2.45, 2.75) is 270 Å². The van der Waals surface area contributed by atoms with Crippen LogP contribution in [0.5, 0.6) is 0 Å². The van der Waals surface area contributed by atoms with Gasteiger partial charge in [0.15, 0.2) is 0 Å². The van der Waals surface area contributed by atoms with Crippen LogP contribution in [-0.4, -0.2) is 46.9 Å². The van der Waals surface area contributed by atoms with E-state index in [0.29, 0.717) is 19.3 Å². The van der Waals surface area contributed by atoms with Crippen LogP contribution in [0.15, 0.2) is 36.5 Å². The molecule has 0 aliphatic heterocycles. The van der Waals surface area contributed by atoms with Gasteiger partial charge >= 0.3 is 5.97 Å². The molecule has 0 aliphatic carbocycles. The molecule has 0 saturated carbocycles. The first-order valence-electron chi connectivity index (χ1n) is 24.7. The number of carbonyl (C=O) groups is 2. The Balaban J connectivity index is 4.53. The summed E-state index contributed by atoms with van der Waals surface area (Å²) in [6, 6.07) is -0.701. The summed E-state index contributed by atoms with van der Waals surface area (Å²) in [5, 5.41) is 23.7. The lowest BCUT2D eigenvalue weighted by Gasteiger charge is -2.24. The highest BCUT2D eigenvalue weighted by atomic mass is 16.5. The average Bonchev–Trinajstić information content (AvgIpc) is 3.20. The third kappa shape index (κ3) is 40.6. The number of rotatable bonds is 44. The molecule has 0 bridgehead atoms. The Hall–Kier alpha value is -1.92. The quantitative estimate of drug-likeness (QED) is 0.0324. The van der Waals surface area contributed by atoms with Crippen LogP contribution in [0.25, 0.3) is 0 Å². The number of allylic oxidation sites excluding steroid dienone is 6. The Morgan fingerprint density at radius 2 is 0.947 bits per heavy atom. The van der Waals surface area contributed by atoms with Gasteiger partial charge in [-0.15, -0.1) is 0 Å². The minimum absolute atomic E-state index is 0.0716. The molecule has 0 fully saturated rings. The second-order valence-electron chi connectivity index (χ2n) is 16.8. The van der Waals surface area contributed by atoms with Crippen LogP contribution in [0.3, 0.4) is 0 Å². The molecule has 0 heterocycles. The highest BCUT2D eigenvalue weighted by Gasteiger charge is 2.24. The fraction of sp³-hybridized carbons (Fsp3) is 0.843. The molecule has 0 rings (SSSR count). The molecule has 334 valence electrons. The van der Waals surface area contributed by atoms with Crippen LogP contribution in [0, 0.1) is 0 Å². The molecule has 0 aromatic carbocycles. The zero-order valence-electron chi connectivity index (χ0n) is 38.0. The third-order valence-corrected chi connectivity index (χ3v) is 11.2. The van der Waals surface area contributed by atoms with Gasteiger partial charge in [-0.05, 0) is 57.8 Å². The fourth-order valence-corrected chi connectivity index (χ4v) is 7.50. The number of unbranched alkanes of at least 4 members (excludes halogenated alkanes) is 26. The summed E-state index contributed by atoms with van der Waals surface area (Å²) in [6.07, 6.45) is 52.0. The zero-order chi connectivity index (χ0) is 41.7. The molecule has 0 spiro atoms. The number of amides is 1. The van der Waals surface area contributed by atoms with Gasteiger partial charge in [0.1, 0.15) is 6.10 Å². The van der Waals surface area contributed by atoms with Gasteiger partial charge in [0.2, 0.25) is 5.91 Å². The number of nitrogens with one attached hydrogen (secondary N) is 1. The Bertz CT molecular complexity index is 946. The molecule has 3 N–H and O–H groups in total. The lowest BCUT2D eigenvalue weighted by Crippen LogP contribution is -2.46. The van der Waals surface area contributed by atoms with Gasteiger partial charge in [-0.1, -0.05) is 218 Å². The second-order valence-corrected chi connectivity index (χ2v) is 16.8. The molecule has 0 radical (unpaired) electrons. The van der Waals surface area contributed by atoms with Crippen LogP contribution >= 0.6 is 0 Å². The minimum Gasteiger partial charge on any atom is -0.462 e. The van der Waals surface area contributed by atoms with Crippen molar-refractivity contribution in [1.29, 1.82) is 0 Å². The summed E-state index contributed by atoms with van der Waals surface area (Å²) in [5.74, 6) is -0.493. The summed E-state index contributed by atoms with van der Waals surface area (Å²) >= 11 is 0. The van der Waals surface area contributed by atoms with Gasteiger partial charge in [0.05, 0.1) is 25.2 Å². The van der Waals surface area contributed by atoms with Gasteiger partial charge in [-0.2, -0.15) is 0 Å². The number of carbonyl (C=O) groups excluding carboxylic acids is 2. The number of aliphatic hydroxyl groups is 2. The Morgan fingerprint density at radius 1 is 0.526 bits per heavy atom. The average molecular weight is 802 g/mol. The summed E-state index contributed by atoms with van der Waals surface area (Å²) in [4.78, 5) is 26.0. The number of hydrogen-bond acceptors (Lipinski definition) is 5. The zero-order valence-corrected chi connectivity index (χ0v) is 38.0. The molecule has 3 unspecified atom stereocenters. The number of aliphatic hydroxyl groups excluding tert-OH is 2. The first-order chi connectivity index (χ1) is 28.0. The lowest BCUT2D eigenvalue weighted by molar-refractivity contribution is -0.151. The summed E-state index contributed by atoms with van der Waals surface area (Å²) < 4.78 is 5.90. The van der Waals surface area contributed by atoms with E-state index in [2.05, 4.69) is 62.5 Å². The predicted octanol–water partition coefficient (Wildman–Crippen LogP) is 14.5. The highest BCUT2D eigenvalue weighted by molar-refractivity contribution is 5.77. The van der Waals surface area contributed by atoms with E-state index in [0.717, 1.165) is 77.0 Å². The van der Waals surface area contributed by atoms with Crippen molar-refractivity contribution in [3.63, 3.8) is 0 Å². The summed E-state index contributed by atoms with van der Waals surface area (Å²) in [6.45, 7) is 6.36. The summed E-state index contributed by atoms with van der Waals surface area (Å²) in [5.41, 5.74) is 0. The van der Waals surface area contributed by atoms with E-state index in [1.54, 1.807) is 0 Å². The van der Waals surface area contributed by atoms with Gasteiger partial charge in [0.25, 0.3) is 0 Å². The first-order valence-corrected chi connectivity index (χ1v) is 24.7. The van der Waals surface area contributed by atoms with Crippen LogP contribution in [0.2, 0.25) is 0 Å². The van der Waals surface area contributed by atoms with E-state index >= 15 is 0 Å². The summed E-state index contributed by atoms with van der Waals surface area (Å²) in [7, 11) is 0. The van der Waals surface area contributed by atoms with E-state index in [-0.39, 0.29) is 24.9 Å². The Labute approximate surface area is 353 Å². The maximum atomic E-state index is 13.2. The van der Waals surface area contributed by atoms with Crippen molar-refractivity contribution in [3.05, 3.63) is 36.5 Å². The number of esters is 1. The Morgan fingerprint density at radius 3 is 1.44 bits per heavy atom. The topological polar surface area (TPSA) is 95.9 Å². The largest absolute Gasteiger partial charge is 0.462 e. The predicted molar refractivity (Wildman–Crippen MR) is 246 cm³/mol. The molecule has 0 aromatic rings. The second kappa shape index (κ2) is 45.2. The van der Waals surface area contributed by atoms with E-state index in [1.807, 2.05) is 0 Å². The standard InChI is InChI=1S/C51H95NO5/c1-4-7-10-13-16-19-22-24-26-28-31-34-37-40-43-49(54)48(46-53)52-50(55)45-47(42-39-36-33-30-21-18-15-12-9-6-3)57-51(56)44-41-38-35-32-29-27-25-23-20-17-14-11-8-5-2/h8,11,17,20,25,27,47-49,53-54H,4-7,9-10,12-16,18-19,21-24,26,28-46H2,1-3H3,(H,52,55)/b11-8+,20-17+,27-25+. The molecule has 6 nitrogen and oxygen atoms in total. The van der Waals surface area contributed by atoms with Gasteiger partial charge in [-0.25, -0.2) is 0 Å². The van der Waals surface area contributed by atoms with Gasteiger partial charge < -0.3 is 20.3 Å². The van der Waals surface area contributed by atoms with E-state index in [4.69, 9.17) is 4.74 Å². The lowest BCUT2D eigenvalue weighted by atomic mass is 10.0. The van der Waals surface area contributed by atoms with Crippen molar-refractivity contribution in [3.8, 4) is 0 Å². The normalized spacial score (nSPS) is 13.6. The fourth-order valence-electron chi connectivity index (χ4n) is 7.50. The smallest absolute Gasteiger partial charge is 0.306 e. The first kappa shape index (κ1) is 55.1. The molecule has 3 atom stereocenters. The van der Waals surface area contributed by atoms with Gasteiger partial charge in [0, 0.05) is 6.42 Å². The van der Waals surface area contributed by atoms with Crippen molar-refractivity contribution in [1.82, 2.24) is 5.32 Å². The van der Waals surface area contributed by atoms with E-state index < -0.39 is 18.2 Å². The van der Waals surface area contributed by atoms with Crippen LogP contribution < -0.4 is 5.32 Å². The van der Waals surface area contributed by atoms with Crippen LogP contribution in [0.1, 0.15) is 252 Å². The van der Waals surface area contributed by atoms with E-state index in [9.17, 15) is 19.8 Å². The van der Waals surface area contributed by atoms with E-state index in [1.165, 1.54) is 128 Å². The molecular formula is C51H95NO5. The van der Waals surface area contributed by atoms with Crippen molar-refractivity contribution >= 4 is 11.9 Å². The number of hydrogen-bond donors (Lipinski definition) is 3. The molecule has 0 aromatic heterocycles. The molecule has 1 amide bonds. The molecule has 0 saturated heterocycles. The minimum atomic E-state index is -0.787. The third-order valence-electron chi connectivity index (χ3n) is 11.2. The van der Waals surface area contributed by atoms with Crippen molar-refractivity contribution in [2.75, 3.05) is 6.61 Å². The van der Waals surface area contributed by atoms with Gasteiger partial charge in [-0.3, -0.25) is 9.59 Å². The molecular weight excluding hydrogens is 707 g/mol. The number of ether oxygens (including phenoxy) is 1. The Kier molecular flexibility index (Phi) is 43.6. The van der Waals surface area contributed by atoms with Crippen molar-refractivity contribution < 1.29 is 24.5 Å². The van der Waals surface area contributed by atoms with Crippen LogP contribution in [-0.2, 0) is 14.3 Å². The maximum absolute atomic E-state index is 13.2. The SMILES string of the molecule is CC/C=C/C/C=C/C/C=C/CCCCCCC(=O)OC(CCCCCCCCCCCC)CC(=O)NC(CO)C(O)CCCCCCCCCCCCCCCC.